The van der Waals surface area contributed by atoms with Crippen LogP contribution in [0.25, 0.3) is 0 Å². The molecule has 0 atom stereocenters. The molecular weight excluding hydrogens is 240 g/mol. The second kappa shape index (κ2) is 6.06. The van der Waals surface area contributed by atoms with E-state index < -0.39 is 0 Å². The summed E-state index contributed by atoms with van der Waals surface area (Å²) in [4.78, 5) is 14.6. The molecule has 0 spiro atoms. The van der Waals surface area contributed by atoms with Gasteiger partial charge in [0, 0.05) is 32.4 Å². The molecule has 1 aromatic rings. The first-order valence-corrected chi connectivity index (χ1v) is 6.75. The normalized spacial score (nSPS) is 14.3. The topological polar surface area (TPSA) is 41.6 Å². The van der Waals surface area contributed by atoms with E-state index >= 15 is 0 Å². The number of carbonyl (C=O) groups excluding carboxylic acids is 1. The maximum Gasteiger partial charge on any atom is 0.256 e. The molecule has 0 aromatic heterocycles. The van der Waals surface area contributed by atoms with Crippen molar-refractivity contribution in [2.45, 2.75) is 25.8 Å². The van der Waals surface area contributed by atoms with Crippen molar-refractivity contribution in [2.24, 2.45) is 0 Å². The van der Waals surface area contributed by atoms with E-state index in [9.17, 15) is 4.79 Å². The molecule has 0 radical (unpaired) electrons. The molecule has 1 aliphatic carbocycles. The van der Waals surface area contributed by atoms with Crippen molar-refractivity contribution in [3.05, 3.63) is 29.3 Å². The number of rotatable bonds is 6. The Hall–Kier alpha value is -1.55. The zero-order valence-corrected chi connectivity index (χ0v) is 11.9. The molecule has 1 N–H and O–H groups in total. The van der Waals surface area contributed by atoms with Gasteiger partial charge < -0.3 is 15.0 Å². The summed E-state index contributed by atoms with van der Waals surface area (Å²) in [7, 11) is 3.51. The Morgan fingerprint density at radius 2 is 2.21 bits per heavy atom. The van der Waals surface area contributed by atoms with Crippen molar-refractivity contribution < 1.29 is 9.53 Å². The molecule has 2 rings (SSSR count). The van der Waals surface area contributed by atoms with Crippen LogP contribution >= 0.6 is 0 Å². The van der Waals surface area contributed by atoms with Gasteiger partial charge in [0.1, 0.15) is 0 Å². The van der Waals surface area contributed by atoms with Crippen molar-refractivity contribution in [3.8, 4) is 0 Å². The summed E-state index contributed by atoms with van der Waals surface area (Å²) in [5, 5.41) is 3.10. The number of carbonyl (C=O) groups is 1. The van der Waals surface area contributed by atoms with Gasteiger partial charge in [0.2, 0.25) is 0 Å². The van der Waals surface area contributed by atoms with Gasteiger partial charge in [-0.05, 0) is 31.9 Å². The average Bonchev–Trinajstić information content (AvgIpc) is 3.23. The Morgan fingerprint density at radius 1 is 1.47 bits per heavy atom. The van der Waals surface area contributed by atoms with Gasteiger partial charge >= 0.3 is 0 Å². The largest absolute Gasteiger partial charge is 0.387 e. The summed E-state index contributed by atoms with van der Waals surface area (Å²) in [6, 6.07) is 6.33. The van der Waals surface area contributed by atoms with E-state index in [1.54, 1.807) is 7.11 Å². The lowest BCUT2D eigenvalue weighted by Crippen LogP contribution is -2.36. The predicted octanol–water partition coefficient (Wildman–Crippen LogP) is 2.29. The second-order valence-corrected chi connectivity index (χ2v) is 5.02. The maximum absolute atomic E-state index is 12.7. The number of methoxy groups -OCH3 is 1. The Morgan fingerprint density at radius 3 is 2.79 bits per heavy atom. The molecule has 1 amide bonds. The standard InChI is InChI=1S/C15H22N2O2/c1-11-4-7-14(16-2)13(10-11)15(18)17(8-9-19-3)12-5-6-12/h4,7,10,12,16H,5-6,8-9H2,1-3H3. The third kappa shape index (κ3) is 3.26. The van der Waals surface area contributed by atoms with Gasteiger partial charge in [0.15, 0.2) is 0 Å². The number of benzene rings is 1. The zero-order valence-electron chi connectivity index (χ0n) is 11.9. The summed E-state index contributed by atoms with van der Waals surface area (Å²) >= 11 is 0. The summed E-state index contributed by atoms with van der Waals surface area (Å²) in [5.41, 5.74) is 2.74. The highest BCUT2D eigenvalue weighted by Crippen LogP contribution is 2.29. The number of aryl methyl sites for hydroxylation is 1. The van der Waals surface area contributed by atoms with Crippen LogP contribution in [0.1, 0.15) is 28.8 Å². The van der Waals surface area contributed by atoms with Gasteiger partial charge in [-0.1, -0.05) is 11.6 Å². The van der Waals surface area contributed by atoms with Crippen LogP contribution in [0.4, 0.5) is 5.69 Å². The number of nitrogens with one attached hydrogen (secondary N) is 1. The first kappa shape index (κ1) is 13.9. The minimum atomic E-state index is 0.104. The molecule has 1 fully saturated rings. The van der Waals surface area contributed by atoms with Crippen molar-refractivity contribution in [2.75, 3.05) is 32.6 Å². The monoisotopic (exact) mass is 262 g/mol. The molecule has 0 saturated heterocycles. The number of hydrogen-bond acceptors (Lipinski definition) is 3. The number of nitrogens with zero attached hydrogens (tertiary/aromatic N) is 1. The average molecular weight is 262 g/mol. The third-order valence-corrected chi connectivity index (χ3v) is 3.46. The SMILES string of the molecule is CNc1ccc(C)cc1C(=O)N(CCOC)C1CC1. The lowest BCUT2D eigenvalue weighted by Gasteiger charge is -2.23. The zero-order chi connectivity index (χ0) is 13.8. The highest BCUT2D eigenvalue weighted by atomic mass is 16.5. The fraction of sp³-hybridized carbons (Fsp3) is 0.533. The van der Waals surface area contributed by atoms with Gasteiger partial charge in [-0.3, -0.25) is 4.79 Å². The molecule has 1 saturated carbocycles. The highest BCUT2D eigenvalue weighted by Gasteiger charge is 2.33. The Labute approximate surface area is 114 Å². The molecule has 0 unspecified atom stereocenters. The molecule has 0 heterocycles. The van der Waals surface area contributed by atoms with Gasteiger partial charge in [-0.25, -0.2) is 0 Å². The third-order valence-electron chi connectivity index (χ3n) is 3.46. The van der Waals surface area contributed by atoms with Gasteiger partial charge in [0.05, 0.1) is 12.2 Å². The summed E-state index contributed by atoms with van der Waals surface area (Å²) in [5.74, 6) is 0.104. The molecule has 4 nitrogen and oxygen atoms in total. The lowest BCUT2D eigenvalue weighted by molar-refractivity contribution is 0.0681. The Balaban J connectivity index is 2.22. The van der Waals surface area contributed by atoms with Crippen LogP contribution in [-0.4, -0.2) is 44.2 Å². The first-order valence-electron chi connectivity index (χ1n) is 6.75. The van der Waals surface area contributed by atoms with Gasteiger partial charge in [-0.2, -0.15) is 0 Å². The van der Waals surface area contributed by atoms with Crippen molar-refractivity contribution in [1.29, 1.82) is 0 Å². The Bertz CT molecular complexity index is 455. The summed E-state index contributed by atoms with van der Waals surface area (Å²) < 4.78 is 5.11. The molecular formula is C15H22N2O2. The highest BCUT2D eigenvalue weighted by molar-refractivity contribution is 6.00. The number of hydrogen-bond donors (Lipinski definition) is 1. The fourth-order valence-corrected chi connectivity index (χ4v) is 2.23. The van der Waals surface area contributed by atoms with Crippen LogP contribution in [0.3, 0.4) is 0 Å². The molecule has 1 aromatic carbocycles. The molecule has 4 heteroatoms. The van der Waals surface area contributed by atoms with E-state index in [1.807, 2.05) is 37.1 Å². The van der Waals surface area contributed by atoms with E-state index in [2.05, 4.69) is 5.32 Å². The Kier molecular flexibility index (Phi) is 4.43. The minimum Gasteiger partial charge on any atom is -0.387 e. The van der Waals surface area contributed by atoms with Crippen LogP contribution in [0.5, 0.6) is 0 Å². The van der Waals surface area contributed by atoms with E-state index in [0.29, 0.717) is 19.2 Å². The summed E-state index contributed by atoms with van der Waals surface area (Å²) in [6.07, 6.45) is 2.21. The molecule has 0 bridgehead atoms. The number of anilines is 1. The van der Waals surface area contributed by atoms with Crippen LogP contribution in [0.15, 0.2) is 18.2 Å². The van der Waals surface area contributed by atoms with Crippen LogP contribution in [0, 0.1) is 6.92 Å². The molecule has 0 aliphatic heterocycles. The van der Waals surface area contributed by atoms with Crippen molar-refractivity contribution in [3.63, 3.8) is 0 Å². The van der Waals surface area contributed by atoms with Gasteiger partial charge in [-0.15, -0.1) is 0 Å². The summed E-state index contributed by atoms with van der Waals surface area (Å²) in [6.45, 7) is 3.26. The smallest absolute Gasteiger partial charge is 0.256 e. The van der Waals surface area contributed by atoms with E-state index in [0.717, 1.165) is 29.7 Å². The van der Waals surface area contributed by atoms with Crippen LogP contribution < -0.4 is 5.32 Å². The lowest BCUT2D eigenvalue weighted by atomic mass is 10.1. The minimum absolute atomic E-state index is 0.104. The quantitative estimate of drug-likeness (QED) is 0.855. The molecule has 104 valence electrons. The van der Waals surface area contributed by atoms with E-state index in [4.69, 9.17) is 4.74 Å². The van der Waals surface area contributed by atoms with Crippen molar-refractivity contribution >= 4 is 11.6 Å². The number of ether oxygens (including phenoxy) is 1. The van der Waals surface area contributed by atoms with Gasteiger partial charge in [0.25, 0.3) is 5.91 Å². The van der Waals surface area contributed by atoms with E-state index in [1.165, 1.54) is 0 Å². The fourth-order valence-electron chi connectivity index (χ4n) is 2.23. The van der Waals surface area contributed by atoms with E-state index in [-0.39, 0.29) is 5.91 Å². The first-order chi connectivity index (χ1) is 9.17. The molecule has 19 heavy (non-hydrogen) atoms. The van der Waals surface area contributed by atoms with Crippen LogP contribution in [-0.2, 0) is 4.74 Å². The second-order valence-electron chi connectivity index (χ2n) is 5.02. The van der Waals surface area contributed by atoms with Crippen LogP contribution in [0.2, 0.25) is 0 Å². The predicted molar refractivity (Wildman–Crippen MR) is 76.7 cm³/mol. The molecule has 1 aliphatic rings. The maximum atomic E-state index is 12.7. The number of amides is 1. The van der Waals surface area contributed by atoms with Crippen molar-refractivity contribution in [1.82, 2.24) is 4.90 Å².